The van der Waals surface area contributed by atoms with E-state index in [1.54, 1.807) is 18.5 Å². The molecule has 6 nitrogen and oxygen atoms in total. The van der Waals surface area contributed by atoms with Crippen LogP contribution in [0.15, 0.2) is 67.3 Å². The van der Waals surface area contributed by atoms with Crippen molar-refractivity contribution >= 4 is 5.91 Å². The molecule has 0 spiro atoms. The van der Waals surface area contributed by atoms with Crippen LogP contribution in [0.5, 0.6) is 6.01 Å². The standard InChI is InChI=1S/C20H20N4O2/c25-19(16-4-6-17(7-5-16)23-12-1-2-13-23)24-14-8-18(9-15-24)26-20-21-10-3-11-22-20/h1-7,10-13,18H,8-9,14-15H2. The molecule has 0 N–H and O–H groups in total. The van der Waals surface area contributed by atoms with Gasteiger partial charge in [0.05, 0.1) is 0 Å². The molecule has 132 valence electrons. The fourth-order valence-corrected chi connectivity index (χ4v) is 3.14. The first-order valence-electron chi connectivity index (χ1n) is 8.76. The van der Waals surface area contributed by atoms with E-state index >= 15 is 0 Å². The van der Waals surface area contributed by atoms with Gasteiger partial charge in [-0.2, -0.15) is 0 Å². The molecule has 1 amide bonds. The van der Waals surface area contributed by atoms with Crippen LogP contribution in [-0.4, -0.2) is 44.5 Å². The lowest BCUT2D eigenvalue weighted by atomic mass is 10.1. The van der Waals surface area contributed by atoms with Crippen molar-refractivity contribution in [2.24, 2.45) is 0 Å². The molecule has 0 atom stereocenters. The predicted molar refractivity (Wildman–Crippen MR) is 97.4 cm³/mol. The van der Waals surface area contributed by atoms with Gasteiger partial charge in [0, 0.05) is 62.0 Å². The zero-order valence-electron chi connectivity index (χ0n) is 14.4. The number of rotatable bonds is 4. The molecular formula is C20H20N4O2. The summed E-state index contributed by atoms with van der Waals surface area (Å²) in [5, 5.41) is 0. The number of piperidine rings is 1. The van der Waals surface area contributed by atoms with E-state index in [4.69, 9.17) is 4.74 Å². The molecule has 1 saturated heterocycles. The monoisotopic (exact) mass is 348 g/mol. The van der Waals surface area contributed by atoms with Crippen LogP contribution >= 0.6 is 0 Å². The average Bonchev–Trinajstić information content (AvgIpc) is 3.24. The minimum Gasteiger partial charge on any atom is -0.460 e. The third kappa shape index (κ3) is 3.59. The smallest absolute Gasteiger partial charge is 0.316 e. The second-order valence-corrected chi connectivity index (χ2v) is 6.28. The number of likely N-dealkylation sites (tertiary alicyclic amines) is 1. The van der Waals surface area contributed by atoms with Crippen LogP contribution in [0.25, 0.3) is 5.69 Å². The Labute approximate surface area is 152 Å². The molecule has 0 radical (unpaired) electrons. The lowest BCUT2D eigenvalue weighted by Gasteiger charge is -2.31. The normalized spacial score (nSPS) is 15.0. The van der Waals surface area contributed by atoms with Crippen LogP contribution in [0.3, 0.4) is 0 Å². The molecule has 3 aromatic rings. The van der Waals surface area contributed by atoms with Gasteiger partial charge in [0.15, 0.2) is 0 Å². The SMILES string of the molecule is O=C(c1ccc(-n2cccc2)cc1)N1CCC(Oc2ncccn2)CC1. The van der Waals surface area contributed by atoms with Crippen molar-refractivity contribution in [3.63, 3.8) is 0 Å². The predicted octanol–water partition coefficient (Wildman–Crippen LogP) is 2.95. The molecule has 4 rings (SSSR count). The molecule has 3 heterocycles. The van der Waals surface area contributed by atoms with E-state index in [1.807, 2.05) is 58.3 Å². The van der Waals surface area contributed by atoms with Crippen molar-refractivity contribution in [2.45, 2.75) is 18.9 Å². The number of carbonyl (C=O) groups is 1. The molecule has 0 bridgehead atoms. The van der Waals surface area contributed by atoms with Crippen LogP contribution in [0.4, 0.5) is 0 Å². The Kier molecular flexibility index (Phi) is 4.64. The Morgan fingerprint density at radius 2 is 1.62 bits per heavy atom. The topological polar surface area (TPSA) is 60.2 Å². The molecule has 1 fully saturated rings. The number of amides is 1. The molecular weight excluding hydrogens is 328 g/mol. The van der Waals surface area contributed by atoms with E-state index in [0.717, 1.165) is 18.5 Å². The second-order valence-electron chi connectivity index (χ2n) is 6.28. The molecule has 1 aromatic carbocycles. The summed E-state index contributed by atoms with van der Waals surface area (Å²) in [6.07, 6.45) is 8.92. The highest BCUT2D eigenvalue weighted by Crippen LogP contribution is 2.18. The summed E-state index contributed by atoms with van der Waals surface area (Å²) in [5.74, 6) is 0.0680. The number of ether oxygens (including phenoxy) is 1. The summed E-state index contributed by atoms with van der Waals surface area (Å²) in [5.41, 5.74) is 1.76. The molecule has 0 saturated carbocycles. The largest absolute Gasteiger partial charge is 0.460 e. The highest BCUT2D eigenvalue weighted by Gasteiger charge is 2.25. The van der Waals surface area contributed by atoms with Gasteiger partial charge in [0.25, 0.3) is 5.91 Å². The van der Waals surface area contributed by atoms with Crippen LogP contribution in [0, 0.1) is 0 Å². The third-order valence-electron chi connectivity index (χ3n) is 4.56. The minimum absolute atomic E-state index is 0.0533. The van der Waals surface area contributed by atoms with Crippen molar-refractivity contribution in [2.75, 3.05) is 13.1 Å². The Hall–Kier alpha value is -3.15. The zero-order valence-corrected chi connectivity index (χ0v) is 14.4. The third-order valence-corrected chi connectivity index (χ3v) is 4.56. The highest BCUT2D eigenvalue weighted by molar-refractivity contribution is 5.94. The lowest BCUT2D eigenvalue weighted by Crippen LogP contribution is -2.41. The number of hydrogen-bond donors (Lipinski definition) is 0. The Balaban J connectivity index is 1.34. The van der Waals surface area contributed by atoms with Gasteiger partial charge < -0.3 is 14.2 Å². The molecule has 2 aromatic heterocycles. The number of benzene rings is 1. The first-order valence-corrected chi connectivity index (χ1v) is 8.76. The van der Waals surface area contributed by atoms with Gasteiger partial charge >= 0.3 is 6.01 Å². The van der Waals surface area contributed by atoms with E-state index in [1.165, 1.54) is 0 Å². The van der Waals surface area contributed by atoms with Crippen molar-refractivity contribution < 1.29 is 9.53 Å². The van der Waals surface area contributed by atoms with Crippen molar-refractivity contribution in [3.05, 3.63) is 72.8 Å². The summed E-state index contributed by atoms with van der Waals surface area (Å²) in [6.45, 7) is 1.35. The van der Waals surface area contributed by atoms with Gasteiger partial charge in [-0.25, -0.2) is 9.97 Å². The van der Waals surface area contributed by atoms with E-state index in [-0.39, 0.29) is 12.0 Å². The zero-order chi connectivity index (χ0) is 17.8. The van der Waals surface area contributed by atoms with Crippen LogP contribution in [0.1, 0.15) is 23.2 Å². The van der Waals surface area contributed by atoms with Crippen molar-refractivity contribution in [1.82, 2.24) is 19.4 Å². The number of hydrogen-bond acceptors (Lipinski definition) is 4. The first kappa shape index (κ1) is 16.3. The fourth-order valence-electron chi connectivity index (χ4n) is 3.14. The van der Waals surface area contributed by atoms with Crippen LogP contribution < -0.4 is 4.74 Å². The first-order chi connectivity index (χ1) is 12.8. The summed E-state index contributed by atoms with van der Waals surface area (Å²) in [7, 11) is 0. The summed E-state index contributed by atoms with van der Waals surface area (Å²) >= 11 is 0. The van der Waals surface area contributed by atoms with Gasteiger partial charge in [-0.3, -0.25) is 4.79 Å². The molecule has 0 unspecified atom stereocenters. The molecule has 26 heavy (non-hydrogen) atoms. The molecule has 1 aliphatic heterocycles. The van der Waals surface area contributed by atoms with Gasteiger partial charge in [0.2, 0.25) is 0 Å². The molecule has 0 aliphatic carbocycles. The van der Waals surface area contributed by atoms with Crippen molar-refractivity contribution in [3.8, 4) is 11.7 Å². The number of aromatic nitrogens is 3. The van der Waals surface area contributed by atoms with Gasteiger partial charge in [0.1, 0.15) is 6.10 Å². The maximum Gasteiger partial charge on any atom is 0.316 e. The number of nitrogens with zero attached hydrogens (tertiary/aromatic N) is 4. The summed E-state index contributed by atoms with van der Waals surface area (Å²) in [4.78, 5) is 22.8. The van der Waals surface area contributed by atoms with Gasteiger partial charge in [-0.05, 0) is 42.5 Å². The van der Waals surface area contributed by atoms with Crippen LogP contribution in [-0.2, 0) is 0 Å². The quantitative estimate of drug-likeness (QED) is 0.727. The van der Waals surface area contributed by atoms with Gasteiger partial charge in [-0.15, -0.1) is 0 Å². The van der Waals surface area contributed by atoms with E-state index in [2.05, 4.69) is 9.97 Å². The Morgan fingerprint density at radius 1 is 0.962 bits per heavy atom. The summed E-state index contributed by atoms with van der Waals surface area (Å²) < 4.78 is 7.80. The minimum atomic E-state index is 0.0533. The number of carbonyl (C=O) groups excluding carboxylic acids is 1. The lowest BCUT2D eigenvalue weighted by molar-refractivity contribution is 0.0578. The fraction of sp³-hybridized carbons (Fsp3) is 0.250. The second kappa shape index (κ2) is 7.39. The van der Waals surface area contributed by atoms with Crippen molar-refractivity contribution in [1.29, 1.82) is 0 Å². The summed E-state index contributed by atoms with van der Waals surface area (Å²) in [6, 6.07) is 13.8. The van der Waals surface area contributed by atoms with E-state index < -0.39 is 0 Å². The van der Waals surface area contributed by atoms with Crippen LogP contribution in [0.2, 0.25) is 0 Å². The highest BCUT2D eigenvalue weighted by atomic mass is 16.5. The average molecular weight is 348 g/mol. The van der Waals surface area contributed by atoms with E-state index in [0.29, 0.717) is 24.7 Å². The Bertz CT molecular complexity index is 839. The maximum absolute atomic E-state index is 12.7. The molecule has 6 heteroatoms. The van der Waals surface area contributed by atoms with Gasteiger partial charge in [-0.1, -0.05) is 0 Å². The maximum atomic E-state index is 12.7. The Morgan fingerprint density at radius 3 is 2.27 bits per heavy atom. The van der Waals surface area contributed by atoms with E-state index in [9.17, 15) is 4.79 Å². The molecule has 1 aliphatic rings.